The van der Waals surface area contributed by atoms with Crippen LogP contribution >= 0.6 is 23.1 Å². The summed E-state index contributed by atoms with van der Waals surface area (Å²) in [5.74, 6) is 0. The molecule has 0 unspecified atom stereocenters. The summed E-state index contributed by atoms with van der Waals surface area (Å²) in [5.41, 5.74) is 5.76. The van der Waals surface area contributed by atoms with Crippen LogP contribution in [0.1, 0.15) is 4.88 Å². The molecule has 17 heavy (non-hydrogen) atoms. The minimum atomic E-state index is -4.47. The number of nitrogen functional groups attached to an aromatic ring is 1. The van der Waals surface area contributed by atoms with Crippen molar-refractivity contribution >= 4 is 28.8 Å². The third-order valence-corrected chi connectivity index (χ3v) is 3.26. The summed E-state index contributed by atoms with van der Waals surface area (Å²) in [4.78, 5) is -0.873. The minimum Gasteiger partial charge on any atom is -0.396 e. The Labute approximate surface area is 104 Å². The molecule has 0 bridgehead atoms. The Balaban J connectivity index is 2.48. The minimum absolute atomic E-state index is 0.138. The average Bonchev–Trinajstić information content (AvgIpc) is 2.61. The van der Waals surface area contributed by atoms with Crippen molar-refractivity contribution < 1.29 is 13.2 Å². The fourth-order valence-electron chi connectivity index (χ4n) is 1.32. The molecule has 0 aliphatic carbocycles. The van der Waals surface area contributed by atoms with Crippen molar-refractivity contribution in [3.8, 4) is 11.3 Å². The Morgan fingerprint density at radius 1 is 1.18 bits per heavy atom. The van der Waals surface area contributed by atoms with Crippen LogP contribution in [0.3, 0.4) is 0 Å². The first kappa shape index (κ1) is 12.2. The van der Waals surface area contributed by atoms with Gasteiger partial charge in [-0.05, 0) is 23.7 Å². The van der Waals surface area contributed by atoms with Crippen molar-refractivity contribution in [1.29, 1.82) is 0 Å². The van der Waals surface area contributed by atoms with E-state index in [9.17, 15) is 13.2 Å². The zero-order valence-electron chi connectivity index (χ0n) is 8.25. The molecular formula is C10H6ClF3N2S. The highest BCUT2D eigenvalue weighted by molar-refractivity contribution is 7.06. The number of alkyl halides is 3. The molecule has 1 heterocycles. The number of hydrogen-bond donors (Lipinski definition) is 1. The molecule has 0 aliphatic heterocycles. The van der Waals surface area contributed by atoms with Gasteiger partial charge >= 0.3 is 6.18 Å². The molecule has 7 heteroatoms. The lowest BCUT2D eigenvalue weighted by Crippen LogP contribution is -2.05. The number of halogens is 4. The fraction of sp³-hybridized carbons (Fsp3) is 0.100. The van der Waals surface area contributed by atoms with Gasteiger partial charge in [0.05, 0.1) is 5.69 Å². The van der Waals surface area contributed by atoms with Gasteiger partial charge in [-0.15, -0.1) is 0 Å². The maximum atomic E-state index is 12.5. The summed E-state index contributed by atoms with van der Waals surface area (Å²) >= 11 is 6.04. The second kappa shape index (κ2) is 4.19. The zero-order chi connectivity index (χ0) is 12.6. The Morgan fingerprint density at radius 2 is 1.76 bits per heavy atom. The molecule has 0 saturated heterocycles. The summed E-state index contributed by atoms with van der Waals surface area (Å²) in [7, 11) is 0. The smallest absolute Gasteiger partial charge is 0.396 e. The summed E-state index contributed by atoms with van der Waals surface area (Å²) < 4.78 is 41.3. The van der Waals surface area contributed by atoms with Gasteiger partial charge in [-0.1, -0.05) is 23.7 Å². The number of hydrogen-bond acceptors (Lipinski definition) is 3. The van der Waals surface area contributed by atoms with E-state index in [4.69, 9.17) is 17.3 Å². The molecule has 0 spiro atoms. The lowest BCUT2D eigenvalue weighted by molar-refractivity contribution is -0.133. The van der Waals surface area contributed by atoms with Gasteiger partial charge in [0.1, 0.15) is 5.69 Å². The van der Waals surface area contributed by atoms with Crippen LogP contribution in [0.15, 0.2) is 24.3 Å². The van der Waals surface area contributed by atoms with Crippen LogP contribution in [-0.2, 0) is 6.18 Å². The normalized spacial score (nSPS) is 11.8. The van der Waals surface area contributed by atoms with E-state index in [1.54, 1.807) is 24.3 Å². The van der Waals surface area contributed by atoms with Crippen molar-refractivity contribution in [3.05, 3.63) is 34.2 Å². The van der Waals surface area contributed by atoms with Crippen molar-refractivity contribution in [1.82, 2.24) is 4.37 Å². The Morgan fingerprint density at radius 3 is 2.24 bits per heavy atom. The zero-order valence-corrected chi connectivity index (χ0v) is 9.83. The maximum absolute atomic E-state index is 12.5. The van der Waals surface area contributed by atoms with E-state index in [2.05, 4.69) is 4.37 Å². The number of anilines is 1. The number of benzene rings is 1. The summed E-state index contributed by atoms with van der Waals surface area (Å²) in [6.45, 7) is 0. The van der Waals surface area contributed by atoms with Gasteiger partial charge in [-0.25, -0.2) is 0 Å². The molecule has 0 radical (unpaired) electrons. The van der Waals surface area contributed by atoms with Crippen molar-refractivity contribution in [2.24, 2.45) is 0 Å². The van der Waals surface area contributed by atoms with Crippen molar-refractivity contribution in [2.75, 3.05) is 5.73 Å². The van der Waals surface area contributed by atoms with Crippen LogP contribution in [0.5, 0.6) is 0 Å². The summed E-state index contributed by atoms with van der Waals surface area (Å²) in [6, 6.07) is 6.30. The quantitative estimate of drug-likeness (QED) is 0.854. The van der Waals surface area contributed by atoms with Crippen molar-refractivity contribution in [2.45, 2.75) is 6.18 Å². The third-order valence-electron chi connectivity index (χ3n) is 2.10. The first-order valence-corrected chi connectivity index (χ1v) is 5.63. The molecule has 2 nitrogen and oxygen atoms in total. The van der Waals surface area contributed by atoms with Gasteiger partial charge in [0.25, 0.3) is 0 Å². The van der Waals surface area contributed by atoms with E-state index in [0.717, 1.165) is 0 Å². The molecule has 2 N–H and O–H groups in total. The van der Waals surface area contributed by atoms with Crippen LogP contribution in [0.2, 0.25) is 5.02 Å². The van der Waals surface area contributed by atoms with Gasteiger partial charge in [-0.3, -0.25) is 0 Å². The highest BCUT2D eigenvalue weighted by atomic mass is 35.5. The van der Waals surface area contributed by atoms with Gasteiger partial charge in [-0.2, -0.15) is 17.5 Å². The molecule has 0 amide bonds. The Bertz CT molecular complexity index is 533. The van der Waals surface area contributed by atoms with Crippen LogP contribution in [0.4, 0.5) is 18.9 Å². The molecule has 0 saturated carbocycles. The molecule has 1 aromatic carbocycles. The Kier molecular flexibility index (Phi) is 3.01. The molecule has 2 aromatic rings. The standard InChI is InChI=1S/C10H6ClF3N2S/c11-6-3-1-5(2-4-6)8-7(15)9(17-16-8)10(12,13)14/h1-4H,15H2. The van der Waals surface area contributed by atoms with E-state index in [1.807, 2.05) is 0 Å². The second-order valence-corrected chi connectivity index (χ2v) is 4.49. The first-order chi connectivity index (χ1) is 7.89. The number of rotatable bonds is 1. The lowest BCUT2D eigenvalue weighted by atomic mass is 10.1. The summed E-state index contributed by atoms with van der Waals surface area (Å²) in [6.07, 6.45) is -4.47. The van der Waals surface area contributed by atoms with Crippen LogP contribution in [0.25, 0.3) is 11.3 Å². The predicted molar refractivity (Wildman–Crippen MR) is 62.0 cm³/mol. The highest BCUT2D eigenvalue weighted by Gasteiger charge is 2.37. The van der Waals surface area contributed by atoms with Crippen molar-refractivity contribution in [3.63, 3.8) is 0 Å². The molecule has 0 aliphatic rings. The third kappa shape index (κ3) is 2.37. The fourth-order valence-corrected chi connectivity index (χ4v) is 2.13. The molecular weight excluding hydrogens is 273 g/mol. The van der Waals surface area contributed by atoms with Crippen LogP contribution < -0.4 is 5.73 Å². The van der Waals surface area contributed by atoms with E-state index < -0.39 is 11.1 Å². The monoisotopic (exact) mass is 278 g/mol. The predicted octanol–water partition coefficient (Wildman–Crippen LogP) is 4.06. The Hall–Kier alpha value is -1.27. The molecule has 0 atom stereocenters. The topological polar surface area (TPSA) is 38.9 Å². The van der Waals surface area contributed by atoms with Gasteiger partial charge in [0.2, 0.25) is 0 Å². The van der Waals surface area contributed by atoms with Gasteiger partial charge in [0, 0.05) is 10.6 Å². The maximum Gasteiger partial charge on any atom is 0.429 e. The van der Waals surface area contributed by atoms with E-state index >= 15 is 0 Å². The van der Waals surface area contributed by atoms with E-state index in [0.29, 0.717) is 22.1 Å². The number of nitrogens with two attached hydrogens (primary N) is 1. The second-order valence-electron chi connectivity index (χ2n) is 3.28. The van der Waals surface area contributed by atoms with Gasteiger partial charge < -0.3 is 5.73 Å². The van der Waals surface area contributed by atoms with Gasteiger partial charge in [0.15, 0.2) is 4.88 Å². The first-order valence-electron chi connectivity index (χ1n) is 4.48. The van der Waals surface area contributed by atoms with Crippen LogP contribution in [-0.4, -0.2) is 4.37 Å². The lowest BCUT2D eigenvalue weighted by Gasteiger charge is -2.04. The molecule has 2 rings (SSSR count). The number of aromatic nitrogens is 1. The average molecular weight is 279 g/mol. The largest absolute Gasteiger partial charge is 0.429 e. The van der Waals surface area contributed by atoms with E-state index in [1.165, 1.54) is 0 Å². The van der Waals surface area contributed by atoms with E-state index in [-0.39, 0.29) is 11.4 Å². The summed E-state index contributed by atoms with van der Waals surface area (Å²) in [5, 5.41) is 0.499. The number of nitrogens with zero attached hydrogens (tertiary/aromatic N) is 1. The molecule has 1 aromatic heterocycles. The molecule has 90 valence electrons. The molecule has 0 fully saturated rings. The van der Waals surface area contributed by atoms with Crippen LogP contribution in [0, 0.1) is 0 Å². The SMILES string of the molecule is Nc1c(-c2ccc(Cl)cc2)nsc1C(F)(F)F. The highest BCUT2D eigenvalue weighted by Crippen LogP contribution is 2.41.